The summed E-state index contributed by atoms with van der Waals surface area (Å²) in [5.41, 5.74) is 0.561. The van der Waals surface area contributed by atoms with Crippen molar-refractivity contribution < 1.29 is 4.42 Å². The molecule has 0 fully saturated rings. The van der Waals surface area contributed by atoms with E-state index in [1.54, 1.807) is 18.2 Å². The zero-order valence-electron chi connectivity index (χ0n) is 12.3. The molecule has 0 N–H and O–H groups in total. The number of benzene rings is 2. The van der Waals surface area contributed by atoms with Gasteiger partial charge in [-0.2, -0.15) is 0 Å². The first-order valence-corrected chi connectivity index (χ1v) is 7.17. The molecule has 0 bridgehead atoms. The van der Waals surface area contributed by atoms with E-state index < -0.39 is 0 Å². The molecule has 0 spiro atoms. The highest BCUT2D eigenvalue weighted by molar-refractivity contribution is 6.05. The van der Waals surface area contributed by atoms with Crippen LogP contribution in [0.3, 0.4) is 0 Å². The maximum atomic E-state index is 12.6. The topological polar surface area (TPSA) is 33.5 Å². The summed E-state index contributed by atoms with van der Waals surface area (Å²) in [6, 6.07) is 13.2. The Bertz CT molecular complexity index is 898. The second kappa shape index (κ2) is 5.90. The highest BCUT2D eigenvalue weighted by Crippen LogP contribution is 2.25. The molecule has 2 aromatic carbocycles. The number of hydrogen-bond acceptors (Lipinski definition) is 3. The molecule has 1 heterocycles. The number of fused-ring (bicyclic) bond motifs is 3. The normalized spacial score (nSPS) is 10.7. The molecular formula is C19H17NO2. The van der Waals surface area contributed by atoms with Crippen LogP contribution in [0.4, 0.5) is 5.88 Å². The molecule has 0 aliphatic carbocycles. The lowest BCUT2D eigenvalue weighted by Crippen LogP contribution is -2.24. The number of nitrogens with zero attached hydrogens (tertiary/aromatic N) is 1. The molecule has 3 rings (SSSR count). The Morgan fingerprint density at radius 1 is 1.05 bits per heavy atom. The number of rotatable bonds is 5. The quantitative estimate of drug-likeness (QED) is 0.523. The predicted molar refractivity (Wildman–Crippen MR) is 92.6 cm³/mol. The summed E-state index contributed by atoms with van der Waals surface area (Å²) in [6.07, 6.45) is 3.54. The zero-order valence-corrected chi connectivity index (χ0v) is 12.3. The number of hydrogen-bond donors (Lipinski definition) is 0. The third-order valence-electron chi connectivity index (χ3n) is 3.62. The molecule has 110 valence electrons. The summed E-state index contributed by atoms with van der Waals surface area (Å²) in [5.74, 6) is 0.535. The number of anilines is 1. The van der Waals surface area contributed by atoms with Crippen molar-refractivity contribution in [2.24, 2.45) is 0 Å². The van der Waals surface area contributed by atoms with Crippen LogP contribution in [0.15, 0.2) is 77.0 Å². The van der Waals surface area contributed by atoms with Crippen molar-refractivity contribution in [2.75, 3.05) is 18.0 Å². The van der Waals surface area contributed by atoms with Crippen LogP contribution < -0.4 is 10.3 Å². The smallest absolute Gasteiger partial charge is 0.200 e. The molecular weight excluding hydrogens is 274 g/mol. The Morgan fingerprint density at radius 3 is 2.50 bits per heavy atom. The van der Waals surface area contributed by atoms with Crippen LogP contribution in [0.1, 0.15) is 0 Å². The molecule has 0 amide bonds. The first-order chi connectivity index (χ1) is 10.7. The van der Waals surface area contributed by atoms with Gasteiger partial charge in [-0.25, -0.2) is 0 Å². The van der Waals surface area contributed by atoms with Crippen molar-refractivity contribution in [3.8, 4) is 0 Å². The van der Waals surface area contributed by atoms with Crippen molar-refractivity contribution in [2.45, 2.75) is 0 Å². The minimum atomic E-state index is -0.0359. The van der Waals surface area contributed by atoms with Gasteiger partial charge in [-0.3, -0.25) is 4.79 Å². The van der Waals surface area contributed by atoms with Gasteiger partial charge in [0.25, 0.3) is 0 Å². The minimum Gasteiger partial charge on any atom is -0.440 e. The molecule has 0 unspecified atom stereocenters. The predicted octanol–water partition coefficient (Wildman–Crippen LogP) is 4.12. The Balaban J connectivity index is 2.25. The molecule has 1 aromatic heterocycles. The van der Waals surface area contributed by atoms with Crippen LogP contribution in [0.2, 0.25) is 0 Å². The van der Waals surface area contributed by atoms with E-state index in [0.29, 0.717) is 29.9 Å². The van der Waals surface area contributed by atoms with E-state index in [2.05, 4.69) is 13.2 Å². The molecule has 0 saturated carbocycles. The van der Waals surface area contributed by atoms with Crippen molar-refractivity contribution in [3.05, 3.63) is 78.0 Å². The fraction of sp³-hybridized carbons (Fsp3) is 0.105. The Labute approximate surface area is 128 Å². The lowest BCUT2D eigenvalue weighted by atomic mass is 10.1. The van der Waals surface area contributed by atoms with Gasteiger partial charge >= 0.3 is 0 Å². The van der Waals surface area contributed by atoms with Crippen LogP contribution in [0.25, 0.3) is 21.7 Å². The maximum Gasteiger partial charge on any atom is 0.200 e. The van der Waals surface area contributed by atoms with Crippen molar-refractivity contribution in [1.29, 1.82) is 0 Å². The van der Waals surface area contributed by atoms with Crippen molar-refractivity contribution in [3.63, 3.8) is 0 Å². The van der Waals surface area contributed by atoms with E-state index in [9.17, 15) is 4.79 Å². The Morgan fingerprint density at radius 2 is 1.77 bits per heavy atom. The van der Waals surface area contributed by atoms with Crippen molar-refractivity contribution in [1.82, 2.24) is 0 Å². The van der Waals surface area contributed by atoms with Gasteiger partial charge in [-0.15, -0.1) is 13.2 Å². The molecule has 3 aromatic rings. The lowest BCUT2D eigenvalue weighted by Gasteiger charge is -2.19. The molecule has 3 heteroatoms. The first kappa shape index (κ1) is 14.1. The molecule has 3 nitrogen and oxygen atoms in total. The van der Waals surface area contributed by atoms with Crippen LogP contribution in [-0.4, -0.2) is 13.1 Å². The lowest BCUT2D eigenvalue weighted by molar-refractivity contribution is 0.586. The first-order valence-electron chi connectivity index (χ1n) is 7.17. The molecule has 0 aliphatic heterocycles. The van der Waals surface area contributed by atoms with Gasteiger partial charge in [0.2, 0.25) is 5.88 Å². The van der Waals surface area contributed by atoms with E-state index >= 15 is 0 Å². The van der Waals surface area contributed by atoms with E-state index in [1.807, 2.05) is 41.3 Å². The fourth-order valence-electron chi connectivity index (χ4n) is 2.64. The van der Waals surface area contributed by atoms with Gasteiger partial charge in [0.05, 0.1) is 5.39 Å². The van der Waals surface area contributed by atoms with Gasteiger partial charge in [-0.1, -0.05) is 42.5 Å². The Hall–Kier alpha value is -2.81. The summed E-state index contributed by atoms with van der Waals surface area (Å²) < 4.78 is 5.95. The molecule has 0 aliphatic rings. The van der Waals surface area contributed by atoms with Crippen LogP contribution in [-0.2, 0) is 0 Å². The van der Waals surface area contributed by atoms with Crippen LogP contribution >= 0.6 is 0 Å². The average molecular weight is 291 g/mol. The second-order valence-corrected chi connectivity index (χ2v) is 5.09. The van der Waals surface area contributed by atoms with E-state index in [-0.39, 0.29) is 5.43 Å². The summed E-state index contributed by atoms with van der Waals surface area (Å²) in [5, 5.41) is 2.57. The summed E-state index contributed by atoms with van der Waals surface area (Å²) in [7, 11) is 0. The minimum absolute atomic E-state index is 0.0359. The maximum absolute atomic E-state index is 12.6. The van der Waals surface area contributed by atoms with Crippen LogP contribution in [0.5, 0.6) is 0 Å². The zero-order chi connectivity index (χ0) is 15.5. The van der Waals surface area contributed by atoms with E-state index in [4.69, 9.17) is 4.42 Å². The standard InChI is InChI=1S/C19H17NO2/c1-3-11-20(12-4-2)18-13-16(21)19-15-8-6-5-7-14(15)9-10-17(19)22-18/h3-10,13H,1-2,11-12H2. The van der Waals surface area contributed by atoms with E-state index in [1.165, 1.54) is 0 Å². The highest BCUT2D eigenvalue weighted by Gasteiger charge is 2.12. The van der Waals surface area contributed by atoms with Gasteiger partial charge in [0.15, 0.2) is 5.43 Å². The molecule has 22 heavy (non-hydrogen) atoms. The third kappa shape index (κ3) is 2.42. The summed E-state index contributed by atoms with van der Waals surface area (Å²) >= 11 is 0. The van der Waals surface area contributed by atoms with Gasteiger partial charge < -0.3 is 9.32 Å². The molecule has 0 saturated heterocycles. The molecule has 0 atom stereocenters. The highest BCUT2D eigenvalue weighted by atomic mass is 16.4. The van der Waals surface area contributed by atoms with Gasteiger partial charge in [0, 0.05) is 19.2 Å². The van der Waals surface area contributed by atoms with Crippen molar-refractivity contribution >= 4 is 27.6 Å². The van der Waals surface area contributed by atoms with Gasteiger partial charge in [-0.05, 0) is 16.8 Å². The van der Waals surface area contributed by atoms with Crippen LogP contribution in [0, 0.1) is 0 Å². The SMILES string of the molecule is C=CCN(CC=C)c1cc(=O)c2c(ccc3ccccc32)o1. The van der Waals surface area contributed by atoms with E-state index in [0.717, 1.165) is 10.8 Å². The largest absolute Gasteiger partial charge is 0.440 e. The monoisotopic (exact) mass is 291 g/mol. The summed E-state index contributed by atoms with van der Waals surface area (Å²) in [6.45, 7) is 8.66. The summed E-state index contributed by atoms with van der Waals surface area (Å²) in [4.78, 5) is 14.5. The Kier molecular flexibility index (Phi) is 3.79. The van der Waals surface area contributed by atoms with Gasteiger partial charge in [0.1, 0.15) is 5.58 Å². The molecule has 0 radical (unpaired) electrons. The second-order valence-electron chi connectivity index (χ2n) is 5.09. The average Bonchev–Trinajstić information content (AvgIpc) is 2.54. The third-order valence-corrected chi connectivity index (χ3v) is 3.62. The fourth-order valence-corrected chi connectivity index (χ4v) is 2.64.